The van der Waals surface area contributed by atoms with Gasteiger partial charge in [0, 0.05) is 58.5 Å². The van der Waals surface area contributed by atoms with Crippen LogP contribution in [0.4, 0.5) is 0 Å². The van der Waals surface area contributed by atoms with Crippen LogP contribution in [-0.2, 0) is 6.42 Å². The average molecular weight is 867 g/mol. The summed E-state index contributed by atoms with van der Waals surface area (Å²) >= 11 is 0. The summed E-state index contributed by atoms with van der Waals surface area (Å²) < 4.78 is 18.5. The lowest BCUT2D eigenvalue weighted by Gasteiger charge is -2.42. The summed E-state index contributed by atoms with van der Waals surface area (Å²) in [5, 5.41) is 166. The molecule has 3 heterocycles. The molecule has 9 rings (SSSR count). The van der Waals surface area contributed by atoms with E-state index in [2.05, 4.69) is 0 Å². The third kappa shape index (κ3) is 6.46. The molecule has 63 heavy (non-hydrogen) atoms. The molecule has 0 amide bonds. The van der Waals surface area contributed by atoms with E-state index in [0.717, 1.165) is 48.5 Å². The lowest BCUT2D eigenvalue weighted by Crippen LogP contribution is -2.38. The Kier molecular flexibility index (Phi) is 9.46. The maximum absolute atomic E-state index is 12.3. The van der Waals surface area contributed by atoms with E-state index in [1.54, 1.807) is 0 Å². The van der Waals surface area contributed by atoms with Crippen molar-refractivity contribution in [3.05, 3.63) is 123 Å². The first-order valence-electron chi connectivity index (χ1n) is 19.3. The van der Waals surface area contributed by atoms with Crippen molar-refractivity contribution in [1.29, 1.82) is 0 Å². The third-order valence-corrected chi connectivity index (χ3v) is 11.8. The number of benzene rings is 6. The van der Waals surface area contributed by atoms with Crippen molar-refractivity contribution >= 4 is 0 Å². The Balaban J connectivity index is 1.26. The maximum Gasteiger partial charge on any atom is 0.157 e. The fraction of sp³-hybridized carbons (Fsp3) is 0.200. The lowest BCUT2D eigenvalue weighted by molar-refractivity contribution is -0.00377. The highest BCUT2D eigenvalue weighted by Crippen LogP contribution is 2.62. The van der Waals surface area contributed by atoms with Crippen LogP contribution in [0, 0.1) is 0 Å². The van der Waals surface area contributed by atoms with Crippen LogP contribution < -0.4 is 14.2 Å². The predicted octanol–water partition coefficient (Wildman–Crippen LogP) is 4.44. The second kappa shape index (κ2) is 14.7. The molecule has 18 heteroatoms. The summed E-state index contributed by atoms with van der Waals surface area (Å²) in [6.07, 6.45) is -9.76. The highest BCUT2D eigenvalue weighted by atomic mass is 16.5. The number of aliphatic hydroxyl groups excluding tert-OH is 3. The van der Waals surface area contributed by atoms with Crippen LogP contribution in [0.3, 0.4) is 0 Å². The molecule has 0 unspecified atom stereocenters. The molecule has 3 aliphatic heterocycles. The molecule has 8 atom stereocenters. The van der Waals surface area contributed by atoms with Crippen molar-refractivity contribution in [3.63, 3.8) is 0 Å². The lowest BCUT2D eigenvalue weighted by atomic mass is 9.73. The number of phenolic OH excluding ortho intramolecular Hbond substituents is 12. The normalized spacial score (nSPS) is 23.6. The van der Waals surface area contributed by atoms with Crippen molar-refractivity contribution in [3.8, 4) is 86.2 Å². The molecular weight excluding hydrogens is 828 g/mol. The summed E-state index contributed by atoms with van der Waals surface area (Å²) in [5.74, 6) is -11.5. The first-order chi connectivity index (χ1) is 29.9. The van der Waals surface area contributed by atoms with Crippen LogP contribution >= 0.6 is 0 Å². The monoisotopic (exact) mass is 866 g/mol. The summed E-state index contributed by atoms with van der Waals surface area (Å²) in [5.41, 5.74) is -1.17. The van der Waals surface area contributed by atoms with Gasteiger partial charge in [0.2, 0.25) is 0 Å². The number of rotatable bonds is 5. The first-order valence-corrected chi connectivity index (χ1v) is 19.3. The van der Waals surface area contributed by atoms with Crippen molar-refractivity contribution in [2.75, 3.05) is 0 Å². The number of aromatic hydroxyl groups is 12. The second-order valence-corrected chi connectivity index (χ2v) is 15.7. The Morgan fingerprint density at radius 1 is 0.381 bits per heavy atom. The van der Waals surface area contributed by atoms with Gasteiger partial charge < -0.3 is 90.8 Å². The van der Waals surface area contributed by atoms with E-state index >= 15 is 0 Å². The summed E-state index contributed by atoms with van der Waals surface area (Å²) in [6, 6.07) is 14.6. The molecule has 0 saturated heterocycles. The molecule has 0 aliphatic carbocycles. The summed E-state index contributed by atoms with van der Waals surface area (Å²) in [4.78, 5) is 0. The van der Waals surface area contributed by atoms with Crippen molar-refractivity contribution in [2.24, 2.45) is 0 Å². The number of hydrogen-bond donors (Lipinski definition) is 15. The van der Waals surface area contributed by atoms with E-state index in [-0.39, 0.29) is 56.9 Å². The van der Waals surface area contributed by atoms with Gasteiger partial charge in [-0.3, -0.25) is 0 Å². The highest BCUT2D eigenvalue weighted by Gasteiger charge is 2.50. The van der Waals surface area contributed by atoms with Gasteiger partial charge in [0.05, 0.1) is 17.9 Å². The third-order valence-electron chi connectivity index (χ3n) is 11.8. The van der Waals surface area contributed by atoms with Crippen LogP contribution in [0.1, 0.15) is 74.7 Å². The maximum atomic E-state index is 12.3. The van der Waals surface area contributed by atoms with Crippen molar-refractivity contribution in [2.45, 2.75) is 54.9 Å². The fourth-order valence-corrected chi connectivity index (χ4v) is 8.93. The number of fused-ring (bicyclic) bond motifs is 3. The van der Waals surface area contributed by atoms with Gasteiger partial charge in [-0.25, -0.2) is 0 Å². The van der Waals surface area contributed by atoms with Crippen LogP contribution in [0.15, 0.2) is 78.9 Å². The Morgan fingerprint density at radius 3 is 1.35 bits per heavy atom. The van der Waals surface area contributed by atoms with Crippen molar-refractivity contribution in [1.82, 2.24) is 0 Å². The van der Waals surface area contributed by atoms with Crippen LogP contribution in [0.25, 0.3) is 0 Å². The molecule has 6 aromatic rings. The molecule has 18 nitrogen and oxygen atoms in total. The zero-order valence-corrected chi connectivity index (χ0v) is 32.3. The fourth-order valence-electron chi connectivity index (χ4n) is 8.93. The minimum absolute atomic E-state index is 0.0175. The molecule has 0 fully saturated rings. The predicted molar refractivity (Wildman–Crippen MR) is 214 cm³/mol. The first kappa shape index (κ1) is 40.6. The number of phenols is 12. The van der Waals surface area contributed by atoms with Crippen LogP contribution in [0.2, 0.25) is 0 Å². The van der Waals surface area contributed by atoms with Crippen molar-refractivity contribution < 1.29 is 90.8 Å². The smallest absolute Gasteiger partial charge is 0.157 e. The minimum Gasteiger partial charge on any atom is -0.508 e. The van der Waals surface area contributed by atoms with E-state index < -0.39 is 129 Å². The van der Waals surface area contributed by atoms with Gasteiger partial charge in [-0.15, -0.1) is 0 Å². The number of hydrogen-bond acceptors (Lipinski definition) is 18. The van der Waals surface area contributed by atoms with Crippen LogP contribution in [-0.4, -0.2) is 94.9 Å². The molecule has 0 saturated carbocycles. The largest absolute Gasteiger partial charge is 0.508 e. The molecule has 0 aromatic heterocycles. The Hall–Kier alpha value is -7.80. The zero-order chi connectivity index (χ0) is 44.9. The zero-order valence-electron chi connectivity index (χ0n) is 32.3. The molecule has 0 bridgehead atoms. The Bertz CT molecular complexity index is 2840. The van der Waals surface area contributed by atoms with Gasteiger partial charge in [0.25, 0.3) is 0 Å². The van der Waals surface area contributed by atoms with Gasteiger partial charge in [-0.05, 0) is 53.1 Å². The van der Waals surface area contributed by atoms with Crippen LogP contribution in [0.5, 0.6) is 86.2 Å². The molecule has 0 spiro atoms. The topological polar surface area (TPSA) is 331 Å². The van der Waals surface area contributed by atoms with Gasteiger partial charge in [0.1, 0.15) is 70.1 Å². The van der Waals surface area contributed by atoms with Gasteiger partial charge in [-0.1, -0.05) is 18.2 Å². The second-order valence-electron chi connectivity index (χ2n) is 15.7. The average Bonchev–Trinajstić information content (AvgIpc) is 3.22. The quantitative estimate of drug-likeness (QED) is 0.106. The molecule has 326 valence electrons. The number of aliphatic hydroxyl groups is 3. The Labute approximate surface area is 354 Å². The molecular formula is C45H38O18. The molecule has 3 aliphatic rings. The van der Waals surface area contributed by atoms with E-state index in [4.69, 9.17) is 14.2 Å². The molecule has 6 aromatic carbocycles. The molecule has 15 N–H and O–H groups in total. The van der Waals surface area contributed by atoms with E-state index in [1.807, 2.05) is 0 Å². The standard InChI is InChI=1S/C45H38O18/c46-18-10-26(53)33-32(11-18)62-43(16-2-5-21(48)24(51)8-16)40(59)37(33)35-27(54)13-28(55)36-38(41(60)44(63-45(35)36)17-3-6-22(49)25(52)9-17)34-29(56)14-31-19(39(34)58)12-30(57)42(61-31)15-1-4-20(47)23(50)7-15/h1-11,13-14,30,37-38,40-44,46-60H,12H2/t30-,37+,38-,40+,41+,42-,43+,44+/m0/s1. The van der Waals surface area contributed by atoms with E-state index in [0.29, 0.717) is 0 Å². The summed E-state index contributed by atoms with van der Waals surface area (Å²) in [6.45, 7) is 0. The number of ether oxygens (including phenoxy) is 3. The van der Waals surface area contributed by atoms with Gasteiger partial charge >= 0.3 is 0 Å². The highest BCUT2D eigenvalue weighted by molar-refractivity contribution is 5.70. The van der Waals surface area contributed by atoms with Gasteiger partial charge in [-0.2, -0.15) is 0 Å². The summed E-state index contributed by atoms with van der Waals surface area (Å²) in [7, 11) is 0. The molecule has 0 radical (unpaired) electrons. The Morgan fingerprint density at radius 2 is 0.825 bits per heavy atom. The SMILES string of the molecule is Oc1cc(O)c2c(c1)O[C@H](c1ccc(O)c(O)c1)[C@H](O)[C@H]2c1c(O)cc(O)c2c1O[C@H](c1ccc(O)c(O)c1)[C@H](O)[C@H]2c1c(O)cc2c(c1O)C[C@H](O)[C@H](c1ccc(O)c(O)c1)O2. The van der Waals surface area contributed by atoms with E-state index in [9.17, 15) is 76.6 Å². The van der Waals surface area contributed by atoms with E-state index in [1.165, 1.54) is 30.3 Å². The van der Waals surface area contributed by atoms with Gasteiger partial charge in [0.15, 0.2) is 46.7 Å². The minimum atomic E-state index is -1.91.